The molecule has 0 saturated heterocycles. The van der Waals surface area contributed by atoms with Gasteiger partial charge in [-0.1, -0.05) is 48.5 Å². The van der Waals surface area contributed by atoms with Crippen LogP contribution in [-0.2, 0) is 16.0 Å². The number of thioether (sulfide) groups is 1. The molecule has 5 heteroatoms. The van der Waals surface area contributed by atoms with Crippen LogP contribution in [0.5, 0.6) is 0 Å². The molecular weight excluding hydrogens is 334 g/mol. The van der Waals surface area contributed by atoms with E-state index in [2.05, 4.69) is 11.4 Å². The summed E-state index contributed by atoms with van der Waals surface area (Å²) >= 11 is 1.61. The fraction of sp³-hybridized carbons (Fsp3) is 0.300. The summed E-state index contributed by atoms with van der Waals surface area (Å²) in [4.78, 5) is 24.2. The minimum atomic E-state index is -0.926. The number of carbonyl (C=O) groups is 2. The van der Waals surface area contributed by atoms with E-state index in [1.165, 1.54) is 5.56 Å². The predicted molar refractivity (Wildman–Crippen MR) is 99.7 cm³/mol. The van der Waals surface area contributed by atoms with Gasteiger partial charge in [0.05, 0.1) is 12.5 Å². The van der Waals surface area contributed by atoms with Crippen LogP contribution >= 0.6 is 11.8 Å². The number of rotatable bonds is 5. The van der Waals surface area contributed by atoms with Gasteiger partial charge >= 0.3 is 5.97 Å². The molecule has 0 spiro atoms. The van der Waals surface area contributed by atoms with Gasteiger partial charge in [0.1, 0.15) is 5.25 Å². The number of amides is 1. The van der Waals surface area contributed by atoms with E-state index in [-0.39, 0.29) is 17.6 Å². The normalized spacial score (nSPS) is 17.4. The Hall–Kier alpha value is -2.27. The van der Waals surface area contributed by atoms with Gasteiger partial charge in [0.25, 0.3) is 0 Å². The summed E-state index contributed by atoms with van der Waals surface area (Å²) in [6, 6.07) is 15.1. The summed E-state index contributed by atoms with van der Waals surface area (Å²) in [5, 5.41) is 11.9. The fourth-order valence-corrected chi connectivity index (χ4v) is 4.45. The first-order valence-electron chi connectivity index (χ1n) is 8.33. The van der Waals surface area contributed by atoms with Crippen LogP contribution < -0.4 is 5.32 Å². The molecular formula is C20H21NO3S. The number of hydrogen-bond acceptors (Lipinski definition) is 3. The van der Waals surface area contributed by atoms with Gasteiger partial charge in [0.2, 0.25) is 5.91 Å². The second-order valence-corrected chi connectivity index (χ2v) is 7.43. The summed E-state index contributed by atoms with van der Waals surface area (Å²) in [5.74, 6) is -0.153. The monoisotopic (exact) mass is 355 g/mol. The van der Waals surface area contributed by atoms with Gasteiger partial charge in [-0.25, -0.2) is 0 Å². The van der Waals surface area contributed by atoms with Crippen molar-refractivity contribution in [2.24, 2.45) is 0 Å². The van der Waals surface area contributed by atoms with E-state index in [1.54, 1.807) is 11.8 Å². The Morgan fingerprint density at radius 3 is 2.68 bits per heavy atom. The van der Waals surface area contributed by atoms with Crippen LogP contribution in [-0.4, -0.2) is 22.7 Å². The van der Waals surface area contributed by atoms with Crippen LogP contribution in [0.15, 0.2) is 48.5 Å². The van der Waals surface area contributed by atoms with Gasteiger partial charge in [-0.2, -0.15) is 0 Å². The van der Waals surface area contributed by atoms with E-state index in [0.29, 0.717) is 0 Å². The fourth-order valence-electron chi connectivity index (χ4n) is 3.25. The SMILES string of the molecule is Cc1ccccc1C(CC(=O)O)NC(=O)C1SCCc2ccccc21. The van der Waals surface area contributed by atoms with Crippen LogP contribution in [0.2, 0.25) is 0 Å². The third-order valence-electron chi connectivity index (χ3n) is 4.49. The van der Waals surface area contributed by atoms with E-state index in [0.717, 1.165) is 28.9 Å². The zero-order valence-electron chi connectivity index (χ0n) is 14.1. The number of carbonyl (C=O) groups excluding carboxylic acids is 1. The largest absolute Gasteiger partial charge is 0.481 e. The number of aliphatic carboxylic acids is 1. The predicted octanol–water partition coefficient (Wildman–Crippen LogP) is 3.66. The lowest BCUT2D eigenvalue weighted by atomic mass is 9.97. The van der Waals surface area contributed by atoms with Crippen molar-refractivity contribution >= 4 is 23.6 Å². The van der Waals surface area contributed by atoms with Crippen molar-refractivity contribution in [3.8, 4) is 0 Å². The number of carboxylic acid groups (broad SMARTS) is 1. The van der Waals surface area contributed by atoms with E-state index < -0.39 is 12.0 Å². The zero-order chi connectivity index (χ0) is 17.8. The Balaban J connectivity index is 1.84. The maximum atomic E-state index is 12.9. The zero-order valence-corrected chi connectivity index (χ0v) is 14.9. The van der Waals surface area contributed by atoms with Crippen molar-refractivity contribution in [1.82, 2.24) is 5.32 Å². The molecule has 4 nitrogen and oxygen atoms in total. The molecule has 2 unspecified atom stereocenters. The lowest BCUT2D eigenvalue weighted by Crippen LogP contribution is -2.34. The van der Waals surface area contributed by atoms with Crippen molar-refractivity contribution < 1.29 is 14.7 Å². The molecule has 1 aliphatic heterocycles. The van der Waals surface area contributed by atoms with Gasteiger partial charge in [-0.15, -0.1) is 11.8 Å². The number of nitrogens with one attached hydrogen (secondary N) is 1. The number of hydrogen-bond donors (Lipinski definition) is 2. The molecule has 2 aromatic carbocycles. The van der Waals surface area contributed by atoms with Crippen LogP contribution in [0.1, 0.15) is 40.0 Å². The summed E-state index contributed by atoms with van der Waals surface area (Å²) < 4.78 is 0. The quantitative estimate of drug-likeness (QED) is 0.859. The second kappa shape index (κ2) is 7.74. The Morgan fingerprint density at radius 1 is 1.20 bits per heavy atom. The lowest BCUT2D eigenvalue weighted by Gasteiger charge is -2.27. The minimum absolute atomic E-state index is 0.119. The van der Waals surface area contributed by atoms with E-state index >= 15 is 0 Å². The number of fused-ring (bicyclic) bond motifs is 1. The van der Waals surface area contributed by atoms with E-state index in [1.807, 2.05) is 49.4 Å². The Morgan fingerprint density at radius 2 is 1.92 bits per heavy atom. The third-order valence-corrected chi connectivity index (χ3v) is 5.73. The molecule has 0 bridgehead atoms. The third kappa shape index (κ3) is 4.04. The van der Waals surface area contributed by atoms with Crippen LogP contribution in [0, 0.1) is 6.92 Å². The average Bonchev–Trinajstić information content (AvgIpc) is 2.60. The maximum absolute atomic E-state index is 12.9. The highest BCUT2D eigenvalue weighted by Gasteiger charge is 2.29. The van der Waals surface area contributed by atoms with Crippen molar-refractivity contribution in [1.29, 1.82) is 0 Å². The van der Waals surface area contributed by atoms with Crippen LogP contribution in [0.25, 0.3) is 0 Å². The highest BCUT2D eigenvalue weighted by Crippen LogP contribution is 2.37. The highest BCUT2D eigenvalue weighted by molar-refractivity contribution is 8.00. The summed E-state index contributed by atoms with van der Waals surface area (Å²) in [7, 11) is 0. The summed E-state index contributed by atoms with van der Waals surface area (Å²) in [5.41, 5.74) is 4.07. The number of benzene rings is 2. The second-order valence-electron chi connectivity index (χ2n) is 6.22. The molecule has 130 valence electrons. The molecule has 0 saturated carbocycles. The van der Waals surface area contributed by atoms with E-state index in [9.17, 15) is 14.7 Å². The summed E-state index contributed by atoms with van der Waals surface area (Å²) in [6.45, 7) is 1.93. The summed E-state index contributed by atoms with van der Waals surface area (Å²) in [6.07, 6.45) is 0.830. The first-order chi connectivity index (χ1) is 12.1. The molecule has 2 N–H and O–H groups in total. The number of aryl methyl sites for hydroxylation is 2. The van der Waals surface area contributed by atoms with Gasteiger partial charge < -0.3 is 10.4 Å². The molecule has 0 aliphatic carbocycles. The molecule has 0 aromatic heterocycles. The molecule has 0 radical (unpaired) electrons. The average molecular weight is 355 g/mol. The standard InChI is InChI=1S/C20H21NO3S/c1-13-6-2-4-8-15(13)17(12-18(22)23)21-20(24)19-16-9-5-3-7-14(16)10-11-25-19/h2-9,17,19H,10-12H2,1H3,(H,21,24)(H,22,23). The highest BCUT2D eigenvalue weighted by atomic mass is 32.2. The topological polar surface area (TPSA) is 66.4 Å². The molecule has 0 fully saturated rings. The smallest absolute Gasteiger partial charge is 0.305 e. The van der Waals surface area contributed by atoms with Gasteiger partial charge in [0.15, 0.2) is 0 Å². The first kappa shape index (κ1) is 17.5. The Bertz CT molecular complexity index is 790. The van der Waals surface area contributed by atoms with Crippen molar-refractivity contribution in [3.63, 3.8) is 0 Å². The Labute approximate surface area is 151 Å². The molecule has 1 heterocycles. The molecule has 2 atom stereocenters. The van der Waals surface area contributed by atoms with Crippen molar-refractivity contribution in [2.75, 3.05) is 5.75 Å². The van der Waals surface area contributed by atoms with Crippen LogP contribution in [0.4, 0.5) is 0 Å². The van der Waals surface area contributed by atoms with Crippen molar-refractivity contribution in [2.45, 2.75) is 31.1 Å². The molecule has 1 aliphatic rings. The van der Waals surface area contributed by atoms with Gasteiger partial charge in [-0.3, -0.25) is 9.59 Å². The minimum Gasteiger partial charge on any atom is -0.481 e. The first-order valence-corrected chi connectivity index (χ1v) is 9.38. The van der Waals surface area contributed by atoms with Crippen LogP contribution in [0.3, 0.4) is 0 Å². The molecule has 1 amide bonds. The van der Waals surface area contributed by atoms with Gasteiger partial charge in [-0.05, 0) is 41.4 Å². The molecule has 3 rings (SSSR count). The maximum Gasteiger partial charge on any atom is 0.305 e. The molecule has 25 heavy (non-hydrogen) atoms. The van der Waals surface area contributed by atoms with Gasteiger partial charge in [0, 0.05) is 0 Å². The molecule has 2 aromatic rings. The van der Waals surface area contributed by atoms with Crippen molar-refractivity contribution in [3.05, 3.63) is 70.8 Å². The van der Waals surface area contributed by atoms with E-state index in [4.69, 9.17) is 0 Å². The number of carboxylic acids is 1. The Kier molecular flexibility index (Phi) is 5.43. The lowest BCUT2D eigenvalue weighted by molar-refractivity contribution is -0.137.